The van der Waals surface area contributed by atoms with Crippen molar-refractivity contribution in [3.05, 3.63) is 29.8 Å². The summed E-state index contributed by atoms with van der Waals surface area (Å²) in [7, 11) is 0. The number of nitrogens with zero attached hydrogens (tertiary/aromatic N) is 1. The lowest BCUT2D eigenvalue weighted by atomic mass is 9.99. The molecule has 0 radical (unpaired) electrons. The van der Waals surface area contributed by atoms with E-state index in [1.54, 1.807) is 24.3 Å². The highest BCUT2D eigenvalue weighted by Gasteiger charge is 2.15. The molecule has 0 amide bonds. The molecule has 1 saturated heterocycles. The van der Waals surface area contributed by atoms with E-state index in [-0.39, 0.29) is 5.56 Å². The van der Waals surface area contributed by atoms with Gasteiger partial charge in [-0.05, 0) is 50.0 Å². The molecule has 1 aromatic rings. The lowest BCUT2D eigenvalue weighted by Gasteiger charge is -2.29. The van der Waals surface area contributed by atoms with E-state index >= 15 is 0 Å². The van der Waals surface area contributed by atoms with Crippen LogP contribution in [-0.2, 0) is 0 Å². The van der Waals surface area contributed by atoms with Gasteiger partial charge in [-0.2, -0.15) is 0 Å². The third-order valence-corrected chi connectivity index (χ3v) is 3.63. The molecule has 0 saturated carbocycles. The normalized spacial score (nSPS) is 17.3. The van der Waals surface area contributed by atoms with Gasteiger partial charge in [0.15, 0.2) is 0 Å². The van der Waals surface area contributed by atoms with Gasteiger partial charge in [0.2, 0.25) is 0 Å². The highest BCUT2D eigenvalue weighted by Crippen LogP contribution is 2.16. The Morgan fingerprint density at radius 1 is 1.42 bits per heavy atom. The zero-order valence-electron chi connectivity index (χ0n) is 11.3. The van der Waals surface area contributed by atoms with Crippen LogP contribution >= 0.6 is 0 Å². The van der Waals surface area contributed by atoms with E-state index in [1.807, 2.05) is 0 Å². The van der Waals surface area contributed by atoms with Crippen LogP contribution in [0.3, 0.4) is 0 Å². The van der Waals surface area contributed by atoms with Crippen molar-refractivity contribution in [2.75, 3.05) is 26.2 Å². The number of hydrogen-bond donors (Lipinski definition) is 1. The maximum atomic E-state index is 10.8. The van der Waals surface area contributed by atoms with Crippen LogP contribution in [0.25, 0.3) is 0 Å². The zero-order valence-corrected chi connectivity index (χ0v) is 11.3. The van der Waals surface area contributed by atoms with Gasteiger partial charge in [0.1, 0.15) is 12.4 Å². The van der Waals surface area contributed by atoms with E-state index in [9.17, 15) is 4.79 Å². The van der Waals surface area contributed by atoms with Crippen molar-refractivity contribution in [2.45, 2.75) is 19.8 Å². The van der Waals surface area contributed by atoms with E-state index in [0.717, 1.165) is 25.6 Å². The van der Waals surface area contributed by atoms with Gasteiger partial charge in [0, 0.05) is 6.54 Å². The second-order valence-corrected chi connectivity index (χ2v) is 5.21. The van der Waals surface area contributed by atoms with Crippen LogP contribution in [0.5, 0.6) is 5.75 Å². The van der Waals surface area contributed by atoms with Crippen molar-refractivity contribution < 1.29 is 14.6 Å². The van der Waals surface area contributed by atoms with Crippen LogP contribution in [0.1, 0.15) is 30.1 Å². The second kappa shape index (κ2) is 6.57. The number of likely N-dealkylation sites (tertiary alicyclic amines) is 1. The number of carboxylic acid groups (broad SMARTS) is 1. The summed E-state index contributed by atoms with van der Waals surface area (Å²) in [5, 5.41) is 8.90. The predicted molar refractivity (Wildman–Crippen MR) is 73.7 cm³/mol. The van der Waals surface area contributed by atoms with Crippen LogP contribution in [0.2, 0.25) is 0 Å². The Labute approximate surface area is 114 Å². The minimum atomic E-state index is -0.921. The summed E-state index contributed by atoms with van der Waals surface area (Å²) in [6, 6.07) is 6.65. The molecule has 0 unspecified atom stereocenters. The Hall–Kier alpha value is -1.55. The molecule has 0 atom stereocenters. The molecule has 1 aliphatic rings. The highest BCUT2D eigenvalue weighted by molar-refractivity contribution is 5.87. The Morgan fingerprint density at radius 2 is 2.16 bits per heavy atom. The van der Waals surface area contributed by atoms with E-state index in [2.05, 4.69) is 11.8 Å². The standard InChI is InChI=1S/C15H21NO3/c1-12-5-7-16(8-6-12)9-10-19-14-4-2-3-13(11-14)15(17)18/h2-4,11-12H,5-10H2,1H3,(H,17,18). The minimum absolute atomic E-state index is 0.268. The maximum absolute atomic E-state index is 10.8. The van der Waals surface area contributed by atoms with Crippen molar-refractivity contribution in [3.63, 3.8) is 0 Å². The van der Waals surface area contributed by atoms with Crippen LogP contribution in [-0.4, -0.2) is 42.2 Å². The molecule has 1 aromatic carbocycles. The first-order valence-corrected chi connectivity index (χ1v) is 6.83. The number of carboxylic acids is 1. The smallest absolute Gasteiger partial charge is 0.335 e. The summed E-state index contributed by atoms with van der Waals surface area (Å²) in [6.45, 7) is 6.09. The van der Waals surface area contributed by atoms with Crippen molar-refractivity contribution in [2.24, 2.45) is 5.92 Å². The fourth-order valence-electron chi connectivity index (χ4n) is 2.30. The van der Waals surface area contributed by atoms with Crippen LogP contribution < -0.4 is 4.74 Å². The Bertz CT molecular complexity index is 425. The van der Waals surface area contributed by atoms with Crippen LogP contribution in [0.4, 0.5) is 0 Å². The number of piperidine rings is 1. The molecular formula is C15H21NO3. The summed E-state index contributed by atoms with van der Waals surface area (Å²) in [5.41, 5.74) is 0.268. The average molecular weight is 263 g/mol. The Balaban J connectivity index is 1.76. The van der Waals surface area contributed by atoms with Gasteiger partial charge in [0.25, 0.3) is 0 Å². The maximum Gasteiger partial charge on any atom is 0.335 e. The topological polar surface area (TPSA) is 49.8 Å². The SMILES string of the molecule is CC1CCN(CCOc2cccc(C(=O)O)c2)CC1. The van der Waals surface area contributed by atoms with Gasteiger partial charge in [-0.25, -0.2) is 4.79 Å². The first-order chi connectivity index (χ1) is 9.15. The second-order valence-electron chi connectivity index (χ2n) is 5.21. The monoisotopic (exact) mass is 263 g/mol. The lowest BCUT2D eigenvalue weighted by Crippen LogP contribution is -2.35. The summed E-state index contributed by atoms with van der Waals surface area (Å²) in [4.78, 5) is 13.2. The van der Waals surface area contributed by atoms with Gasteiger partial charge >= 0.3 is 5.97 Å². The fraction of sp³-hybridized carbons (Fsp3) is 0.533. The number of hydrogen-bond acceptors (Lipinski definition) is 3. The van der Waals surface area contributed by atoms with E-state index in [1.165, 1.54) is 12.8 Å². The molecule has 1 N–H and O–H groups in total. The van der Waals surface area contributed by atoms with Crippen molar-refractivity contribution in [1.29, 1.82) is 0 Å². The first-order valence-electron chi connectivity index (χ1n) is 6.83. The molecule has 0 spiro atoms. The Kier molecular flexibility index (Phi) is 4.80. The summed E-state index contributed by atoms with van der Waals surface area (Å²) >= 11 is 0. The summed E-state index contributed by atoms with van der Waals surface area (Å²) in [6.07, 6.45) is 2.52. The van der Waals surface area contributed by atoms with Crippen LogP contribution in [0.15, 0.2) is 24.3 Å². The lowest BCUT2D eigenvalue weighted by molar-refractivity contribution is 0.0696. The zero-order chi connectivity index (χ0) is 13.7. The molecule has 4 nitrogen and oxygen atoms in total. The molecule has 2 rings (SSSR count). The average Bonchev–Trinajstić information content (AvgIpc) is 2.41. The van der Waals surface area contributed by atoms with Gasteiger partial charge in [-0.3, -0.25) is 4.90 Å². The number of benzene rings is 1. The van der Waals surface area contributed by atoms with Gasteiger partial charge < -0.3 is 9.84 Å². The predicted octanol–water partition coefficient (Wildman–Crippen LogP) is 2.50. The number of carbonyl (C=O) groups is 1. The molecule has 19 heavy (non-hydrogen) atoms. The molecule has 104 valence electrons. The molecule has 0 aliphatic carbocycles. The van der Waals surface area contributed by atoms with Crippen molar-refractivity contribution in [1.82, 2.24) is 4.90 Å². The molecule has 0 aromatic heterocycles. The molecule has 1 aliphatic heterocycles. The van der Waals surface area contributed by atoms with E-state index in [0.29, 0.717) is 12.4 Å². The third kappa shape index (κ3) is 4.24. The molecule has 0 bridgehead atoms. The number of aromatic carboxylic acids is 1. The van der Waals surface area contributed by atoms with Crippen molar-refractivity contribution >= 4 is 5.97 Å². The fourth-order valence-corrected chi connectivity index (χ4v) is 2.30. The molecule has 4 heteroatoms. The largest absolute Gasteiger partial charge is 0.492 e. The minimum Gasteiger partial charge on any atom is -0.492 e. The highest BCUT2D eigenvalue weighted by atomic mass is 16.5. The first kappa shape index (κ1) is 13.9. The van der Waals surface area contributed by atoms with Gasteiger partial charge in [-0.1, -0.05) is 13.0 Å². The van der Waals surface area contributed by atoms with Gasteiger partial charge in [-0.15, -0.1) is 0 Å². The molecule has 1 fully saturated rings. The summed E-state index contributed by atoms with van der Waals surface area (Å²) in [5.74, 6) is 0.546. The van der Waals surface area contributed by atoms with Gasteiger partial charge in [0.05, 0.1) is 5.56 Å². The third-order valence-electron chi connectivity index (χ3n) is 3.63. The van der Waals surface area contributed by atoms with E-state index < -0.39 is 5.97 Å². The van der Waals surface area contributed by atoms with Crippen LogP contribution in [0, 0.1) is 5.92 Å². The number of ether oxygens (including phenoxy) is 1. The van der Waals surface area contributed by atoms with E-state index in [4.69, 9.17) is 9.84 Å². The summed E-state index contributed by atoms with van der Waals surface area (Å²) < 4.78 is 5.62. The van der Waals surface area contributed by atoms with Crippen molar-refractivity contribution in [3.8, 4) is 5.75 Å². The Morgan fingerprint density at radius 3 is 2.84 bits per heavy atom. The molecular weight excluding hydrogens is 242 g/mol. The quantitative estimate of drug-likeness (QED) is 0.886. The number of rotatable bonds is 5. The molecule has 1 heterocycles.